The first-order chi connectivity index (χ1) is 12.9. The van der Waals surface area contributed by atoms with E-state index in [9.17, 15) is 18.0 Å². The molecule has 2 heterocycles. The Balaban J connectivity index is 1.43. The first-order valence-corrected chi connectivity index (χ1v) is 8.78. The second-order valence-electron chi connectivity index (χ2n) is 6.58. The molecule has 0 saturated heterocycles. The van der Waals surface area contributed by atoms with Crippen molar-refractivity contribution in [2.75, 3.05) is 0 Å². The van der Waals surface area contributed by atoms with Crippen molar-refractivity contribution in [3.63, 3.8) is 0 Å². The van der Waals surface area contributed by atoms with E-state index < -0.39 is 11.7 Å². The number of carbonyl (C=O) groups excluding carboxylic acids is 1. The average molecular weight is 379 g/mol. The molecule has 0 aliphatic heterocycles. The van der Waals surface area contributed by atoms with Crippen LogP contribution >= 0.6 is 0 Å². The summed E-state index contributed by atoms with van der Waals surface area (Å²) in [6.07, 6.45) is 2.81. The Bertz CT molecular complexity index is 743. The van der Waals surface area contributed by atoms with Crippen LogP contribution in [0.25, 0.3) is 0 Å². The summed E-state index contributed by atoms with van der Waals surface area (Å²) in [5, 5.41) is 3.01. The topological polar surface area (TPSA) is 64.1 Å². The van der Waals surface area contributed by atoms with E-state index in [1.54, 1.807) is 18.5 Å². The SMILES string of the molecule is O=C(Cc1cccnc1)NC1CCC(Oc2ccc(C(F)(F)F)cn2)CC1. The number of hydrogen-bond donors (Lipinski definition) is 1. The molecule has 8 heteroatoms. The van der Waals surface area contributed by atoms with Gasteiger partial charge in [0.15, 0.2) is 0 Å². The summed E-state index contributed by atoms with van der Waals surface area (Å²) in [6, 6.07) is 5.93. The molecule has 0 atom stereocenters. The van der Waals surface area contributed by atoms with E-state index in [0.717, 1.165) is 30.7 Å². The first-order valence-electron chi connectivity index (χ1n) is 8.78. The van der Waals surface area contributed by atoms with E-state index in [2.05, 4.69) is 15.3 Å². The molecule has 27 heavy (non-hydrogen) atoms. The quantitative estimate of drug-likeness (QED) is 0.863. The van der Waals surface area contributed by atoms with E-state index in [1.807, 2.05) is 6.07 Å². The van der Waals surface area contributed by atoms with Gasteiger partial charge in [0.05, 0.1) is 12.0 Å². The maximum atomic E-state index is 12.5. The van der Waals surface area contributed by atoms with Crippen LogP contribution in [0.3, 0.4) is 0 Å². The van der Waals surface area contributed by atoms with Crippen LogP contribution in [0, 0.1) is 0 Å². The highest BCUT2D eigenvalue weighted by Crippen LogP contribution is 2.30. The summed E-state index contributed by atoms with van der Waals surface area (Å²) in [5.41, 5.74) is 0.0651. The highest BCUT2D eigenvalue weighted by molar-refractivity contribution is 5.78. The van der Waals surface area contributed by atoms with Gasteiger partial charge in [0.25, 0.3) is 0 Å². The van der Waals surface area contributed by atoms with Crippen LogP contribution in [-0.2, 0) is 17.4 Å². The van der Waals surface area contributed by atoms with Crippen molar-refractivity contribution in [2.45, 2.75) is 50.4 Å². The number of halogens is 3. The molecule has 1 aliphatic rings. The van der Waals surface area contributed by atoms with Crippen molar-refractivity contribution in [2.24, 2.45) is 0 Å². The number of rotatable bonds is 5. The van der Waals surface area contributed by atoms with Crippen LogP contribution in [0.2, 0.25) is 0 Å². The van der Waals surface area contributed by atoms with Gasteiger partial charge in [-0.25, -0.2) is 4.98 Å². The Morgan fingerprint density at radius 2 is 1.93 bits per heavy atom. The number of carbonyl (C=O) groups is 1. The number of amides is 1. The van der Waals surface area contributed by atoms with Crippen molar-refractivity contribution < 1.29 is 22.7 Å². The lowest BCUT2D eigenvalue weighted by Crippen LogP contribution is -2.40. The zero-order valence-corrected chi connectivity index (χ0v) is 14.6. The zero-order valence-electron chi connectivity index (χ0n) is 14.6. The minimum absolute atomic E-state index is 0.0447. The number of alkyl halides is 3. The van der Waals surface area contributed by atoms with Crippen molar-refractivity contribution in [1.29, 1.82) is 0 Å². The van der Waals surface area contributed by atoms with Gasteiger partial charge in [-0.15, -0.1) is 0 Å². The average Bonchev–Trinajstić information content (AvgIpc) is 2.64. The molecule has 2 aromatic heterocycles. The number of hydrogen-bond acceptors (Lipinski definition) is 4. The molecule has 0 radical (unpaired) electrons. The van der Waals surface area contributed by atoms with Crippen LogP contribution in [0.1, 0.15) is 36.8 Å². The molecule has 144 valence electrons. The highest BCUT2D eigenvalue weighted by atomic mass is 19.4. The summed E-state index contributed by atoms with van der Waals surface area (Å²) in [4.78, 5) is 19.8. The van der Waals surface area contributed by atoms with Gasteiger partial charge in [-0.3, -0.25) is 9.78 Å². The molecule has 1 fully saturated rings. The predicted molar refractivity (Wildman–Crippen MR) is 92.0 cm³/mol. The van der Waals surface area contributed by atoms with Crippen molar-refractivity contribution in [3.05, 3.63) is 54.0 Å². The van der Waals surface area contributed by atoms with Crippen LogP contribution in [0.15, 0.2) is 42.9 Å². The Labute approximate surface area is 155 Å². The molecule has 0 aromatic carbocycles. The summed E-state index contributed by atoms with van der Waals surface area (Å²) in [7, 11) is 0. The third-order valence-corrected chi connectivity index (χ3v) is 4.48. The monoisotopic (exact) mass is 379 g/mol. The van der Waals surface area contributed by atoms with Crippen LogP contribution in [0.4, 0.5) is 13.2 Å². The molecular formula is C19H20F3N3O2. The molecule has 3 rings (SSSR count). The highest BCUT2D eigenvalue weighted by Gasteiger charge is 2.31. The molecule has 1 saturated carbocycles. The molecule has 1 amide bonds. The van der Waals surface area contributed by atoms with E-state index in [0.29, 0.717) is 19.3 Å². The molecule has 1 N–H and O–H groups in total. The van der Waals surface area contributed by atoms with E-state index in [-0.39, 0.29) is 23.9 Å². The number of ether oxygens (including phenoxy) is 1. The molecule has 5 nitrogen and oxygen atoms in total. The molecule has 1 aliphatic carbocycles. The number of pyridine rings is 2. The third kappa shape index (κ3) is 5.67. The van der Waals surface area contributed by atoms with E-state index >= 15 is 0 Å². The van der Waals surface area contributed by atoms with Crippen LogP contribution in [0.5, 0.6) is 5.88 Å². The van der Waals surface area contributed by atoms with E-state index in [4.69, 9.17) is 4.74 Å². The number of nitrogens with zero attached hydrogens (tertiary/aromatic N) is 2. The van der Waals surface area contributed by atoms with Crippen molar-refractivity contribution in [3.8, 4) is 5.88 Å². The summed E-state index contributed by atoms with van der Waals surface area (Å²) in [6.45, 7) is 0. The van der Waals surface area contributed by atoms with Gasteiger partial charge in [0.2, 0.25) is 11.8 Å². The second kappa shape index (κ2) is 8.37. The fourth-order valence-corrected chi connectivity index (χ4v) is 3.08. The lowest BCUT2D eigenvalue weighted by Gasteiger charge is -2.29. The van der Waals surface area contributed by atoms with Gasteiger partial charge in [0, 0.05) is 30.7 Å². The third-order valence-electron chi connectivity index (χ3n) is 4.48. The van der Waals surface area contributed by atoms with Crippen molar-refractivity contribution >= 4 is 5.91 Å². The first kappa shape index (κ1) is 19.1. The Morgan fingerprint density at radius 3 is 2.52 bits per heavy atom. The molecular weight excluding hydrogens is 359 g/mol. The standard InChI is InChI=1S/C19H20F3N3O2/c20-19(21,22)14-3-8-18(24-12-14)27-16-6-4-15(5-7-16)25-17(26)10-13-2-1-9-23-11-13/h1-3,8-9,11-12,15-16H,4-7,10H2,(H,25,26). The normalized spacial score (nSPS) is 20.1. The smallest absolute Gasteiger partial charge is 0.417 e. The molecule has 0 spiro atoms. The second-order valence-corrected chi connectivity index (χ2v) is 6.58. The van der Waals surface area contributed by atoms with Gasteiger partial charge in [-0.1, -0.05) is 6.07 Å². The maximum absolute atomic E-state index is 12.5. The predicted octanol–water partition coefficient (Wildman–Crippen LogP) is 3.54. The largest absolute Gasteiger partial charge is 0.474 e. The van der Waals surface area contributed by atoms with Gasteiger partial charge >= 0.3 is 6.18 Å². The Morgan fingerprint density at radius 1 is 1.15 bits per heavy atom. The van der Waals surface area contributed by atoms with Gasteiger partial charge in [-0.2, -0.15) is 13.2 Å². The summed E-state index contributed by atoms with van der Waals surface area (Å²) < 4.78 is 43.3. The molecule has 0 unspecified atom stereocenters. The van der Waals surface area contributed by atoms with Gasteiger partial charge < -0.3 is 10.1 Å². The number of nitrogens with one attached hydrogen (secondary N) is 1. The van der Waals surface area contributed by atoms with Crippen molar-refractivity contribution in [1.82, 2.24) is 15.3 Å². The van der Waals surface area contributed by atoms with Gasteiger partial charge in [0.1, 0.15) is 6.10 Å². The molecule has 0 bridgehead atoms. The Hall–Kier alpha value is -2.64. The fraction of sp³-hybridized carbons (Fsp3) is 0.421. The minimum atomic E-state index is -4.41. The number of aromatic nitrogens is 2. The lowest BCUT2D eigenvalue weighted by molar-refractivity contribution is -0.137. The minimum Gasteiger partial charge on any atom is -0.474 e. The maximum Gasteiger partial charge on any atom is 0.417 e. The Kier molecular flexibility index (Phi) is 5.93. The van der Waals surface area contributed by atoms with Crippen LogP contribution in [-0.4, -0.2) is 28.0 Å². The van der Waals surface area contributed by atoms with Gasteiger partial charge in [-0.05, 0) is 43.4 Å². The van der Waals surface area contributed by atoms with Crippen LogP contribution < -0.4 is 10.1 Å². The fourth-order valence-electron chi connectivity index (χ4n) is 3.08. The van der Waals surface area contributed by atoms with E-state index in [1.165, 1.54) is 6.07 Å². The summed E-state index contributed by atoms with van der Waals surface area (Å²) in [5.74, 6) is 0.142. The zero-order chi connectivity index (χ0) is 19.3. The lowest BCUT2D eigenvalue weighted by atomic mass is 9.92. The molecule has 2 aromatic rings. The summed E-state index contributed by atoms with van der Waals surface area (Å²) >= 11 is 0.